The summed E-state index contributed by atoms with van der Waals surface area (Å²) >= 11 is 0. The Morgan fingerprint density at radius 2 is 1.81 bits per heavy atom. The molecular formula is C13H28O2Si. The summed E-state index contributed by atoms with van der Waals surface area (Å²) in [5.74, 6) is 0.00840. The standard InChI is InChI=1S/C13H28O2Si/c1-8-9-12(11(2)10-14)15-16(6,7)13(3,4)5/h10-12H,8-9H2,1-7H3/t11-,12-/m1/s1. The molecular weight excluding hydrogens is 216 g/mol. The molecule has 16 heavy (non-hydrogen) atoms. The molecule has 0 amide bonds. The molecule has 0 aliphatic rings. The summed E-state index contributed by atoms with van der Waals surface area (Å²) in [5.41, 5.74) is 0. The summed E-state index contributed by atoms with van der Waals surface area (Å²) in [6, 6.07) is 0. The van der Waals surface area contributed by atoms with E-state index in [1.807, 2.05) is 6.92 Å². The lowest BCUT2D eigenvalue weighted by molar-refractivity contribution is -0.113. The van der Waals surface area contributed by atoms with E-state index in [2.05, 4.69) is 40.8 Å². The zero-order valence-electron chi connectivity index (χ0n) is 12.0. The van der Waals surface area contributed by atoms with Gasteiger partial charge in [0.15, 0.2) is 8.32 Å². The molecule has 96 valence electrons. The van der Waals surface area contributed by atoms with E-state index >= 15 is 0 Å². The lowest BCUT2D eigenvalue weighted by Gasteiger charge is -2.40. The first-order valence-electron chi connectivity index (χ1n) is 6.28. The van der Waals surface area contributed by atoms with Crippen molar-refractivity contribution in [1.29, 1.82) is 0 Å². The molecule has 0 spiro atoms. The van der Waals surface area contributed by atoms with Gasteiger partial charge in [0.1, 0.15) is 6.29 Å². The van der Waals surface area contributed by atoms with Crippen LogP contribution in [0, 0.1) is 5.92 Å². The molecule has 0 rings (SSSR count). The number of carbonyl (C=O) groups excluding carboxylic acids is 1. The number of aldehydes is 1. The van der Waals surface area contributed by atoms with E-state index in [-0.39, 0.29) is 17.1 Å². The SMILES string of the molecule is CCC[C@@H](O[Si](C)(C)C(C)(C)C)[C@H](C)C=O. The molecule has 3 heteroatoms. The minimum Gasteiger partial charge on any atom is -0.413 e. The lowest BCUT2D eigenvalue weighted by atomic mass is 10.0. The summed E-state index contributed by atoms with van der Waals surface area (Å²) in [4.78, 5) is 10.9. The molecule has 0 bridgehead atoms. The number of hydrogen-bond donors (Lipinski definition) is 0. The topological polar surface area (TPSA) is 26.3 Å². The lowest BCUT2D eigenvalue weighted by Crippen LogP contribution is -2.45. The van der Waals surface area contributed by atoms with Crippen molar-refractivity contribution in [2.75, 3.05) is 0 Å². The highest BCUT2D eigenvalue weighted by Gasteiger charge is 2.39. The highest BCUT2D eigenvalue weighted by atomic mass is 28.4. The van der Waals surface area contributed by atoms with Crippen LogP contribution in [0.15, 0.2) is 0 Å². The smallest absolute Gasteiger partial charge is 0.192 e. The zero-order chi connectivity index (χ0) is 13.0. The summed E-state index contributed by atoms with van der Waals surface area (Å²) in [6.45, 7) is 15.3. The molecule has 0 aromatic rings. The van der Waals surface area contributed by atoms with E-state index in [9.17, 15) is 4.79 Å². The normalized spacial score (nSPS) is 16.9. The number of carbonyl (C=O) groups is 1. The van der Waals surface area contributed by atoms with E-state index in [1.165, 1.54) is 0 Å². The number of hydrogen-bond acceptors (Lipinski definition) is 2. The van der Waals surface area contributed by atoms with Crippen LogP contribution in [0.5, 0.6) is 0 Å². The van der Waals surface area contributed by atoms with Gasteiger partial charge in [-0.1, -0.05) is 41.0 Å². The van der Waals surface area contributed by atoms with Crippen LogP contribution >= 0.6 is 0 Å². The van der Waals surface area contributed by atoms with Gasteiger partial charge in [-0.3, -0.25) is 0 Å². The minimum atomic E-state index is -1.74. The van der Waals surface area contributed by atoms with Crippen molar-refractivity contribution in [1.82, 2.24) is 0 Å². The molecule has 0 aliphatic heterocycles. The maximum Gasteiger partial charge on any atom is 0.192 e. The van der Waals surface area contributed by atoms with Crippen molar-refractivity contribution >= 4 is 14.6 Å². The first-order chi connectivity index (χ1) is 7.15. The van der Waals surface area contributed by atoms with E-state index in [0.717, 1.165) is 19.1 Å². The Hall–Kier alpha value is -0.153. The van der Waals surface area contributed by atoms with Crippen molar-refractivity contribution in [2.45, 2.75) is 71.7 Å². The largest absolute Gasteiger partial charge is 0.413 e. The maximum atomic E-state index is 10.9. The third kappa shape index (κ3) is 4.38. The van der Waals surface area contributed by atoms with Gasteiger partial charge in [-0.05, 0) is 24.6 Å². The summed E-state index contributed by atoms with van der Waals surface area (Å²) in [5, 5.41) is 0.210. The minimum absolute atomic E-state index is 0.00840. The van der Waals surface area contributed by atoms with E-state index in [1.54, 1.807) is 0 Å². The molecule has 0 heterocycles. The van der Waals surface area contributed by atoms with Gasteiger partial charge in [-0.2, -0.15) is 0 Å². The third-order valence-electron chi connectivity index (χ3n) is 3.63. The van der Waals surface area contributed by atoms with Crippen LogP contribution in [0.3, 0.4) is 0 Å². The zero-order valence-corrected chi connectivity index (χ0v) is 13.0. The Bertz CT molecular complexity index is 218. The Balaban J connectivity index is 4.68. The van der Waals surface area contributed by atoms with Gasteiger partial charge in [0, 0.05) is 5.92 Å². The van der Waals surface area contributed by atoms with Crippen LogP contribution in [0.25, 0.3) is 0 Å². The predicted molar refractivity (Wildman–Crippen MR) is 72.2 cm³/mol. The van der Waals surface area contributed by atoms with Crippen LogP contribution < -0.4 is 0 Å². The molecule has 0 aromatic carbocycles. The second-order valence-corrected chi connectivity index (χ2v) is 11.0. The fourth-order valence-corrected chi connectivity index (χ4v) is 2.80. The average Bonchev–Trinajstić information content (AvgIpc) is 2.14. The quantitative estimate of drug-likeness (QED) is 0.521. The fourth-order valence-electron chi connectivity index (χ4n) is 1.36. The van der Waals surface area contributed by atoms with Crippen molar-refractivity contribution < 1.29 is 9.22 Å². The molecule has 0 saturated carbocycles. The van der Waals surface area contributed by atoms with Gasteiger partial charge >= 0.3 is 0 Å². The predicted octanol–water partition coefficient (Wildman–Crippen LogP) is 4.01. The van der Waals surface area contributed by atoms with Gasteiger partial charge in [-0.25, -0.2) is 0 Å². The second kappa shape index (κ2) is 5.96. The maximum absolute atomic E-state index is 10.9. The average molecular weight is 244 g/mol. The summed E-state index contributed by atoms with van der Waals surface area (Å²) < 4.78 is 6.30. The molecule has 0 saturated heterocycles. The molecule has 2 nitrogen and oxygen atoms in total. The van der Waals surface area contributed by atoms with Gasteiger partial charge in [0.2, 0.25) is 0 Å². The van der Waals surface area contributed by atoms with Crippen molar-refractivity contribution in [2.24, 2.45) is 5.92 Å². The van der Waals surface area contributed by atoms with Crippen LogP contribution in [-0.2, 0) is 9.22 Å². The Morgan fingerprint density at radius 3 is 2.12 bits per heavy atom. The monoisotopic (exact) mass is 244 g/mol. The molecule has 0 aromatic heterocycles. The highest BCUT2D eigenvalue weighted by molar-refractivity contribution is 6.74. The Kier molecular flexibility index (Phi) is 5.91. The third-order valence-corrected chi connectivity index (χ3v) is 8.13. The van der Waals surface area contributed by atoms with Crippen LogP contribution in [0.1, 0.15) is 47.5 Å². The summed E-state index contributed by atoms with van der Waals surface area (Å²) in [7, 11) is -1.74. The first kappa shape index (κ1) is 15.8. The van der Waals surface area contributed by atoms with E-state index in [4.69, 9.17) is 4.43 Å². The second-order valence-electron chi connectivity index (χ2n) is 6.20. The molecule has 0 N–H and O–H groups in total. The first-order valence-corrected chi connectivity index (χ1v) is 9.19. The van der Waals surface area contributed by atoms with E-state index in [0.29, 0.717) is 0 Å². The van der Waals surface area contributed by atoms with Crippen molar-refractivity contribution in [3.8, 4) is 0 Å². The molecule has 0 radical (unpaired) electrons. The fraction of sp³-hybridized carbons (Fsp3) is 0.923. The highest BCUT2D eigenvalue weighted by Crippen LogP contribution is 2.38. The van der Waals surface area contributed by atoms with Crippen molar-refractivity contribution in [3.63, 3.8) is 0 Å². The van der Waals surface area contributed by atoms with Gasteiger partial charge in [0.25, 0.3) is 0 Å². The van der Waals surface area contributed by atoms with Crippen LogP contribution in [0.4, 0.5) is 0 Å². The van der Waals surface area contributed by atoms with Gasteiger partial charge < -0.3 is 9.22 Å². The van der Waals surface area contributed by atoms with Crippen molar-refractivity contribution in [3.05, 3.63) is 0 Å². The van der Waals surface area contributed by atoms with E-state index < -0.39 is 8.32 Å². The molecule has 2 atom stereocenters. The van der Waals surface area contributed by atoms with Crippen LogP contribution in [0.2, 0.25) is 18.1 Å². The van der Waals surface area contributed by atoms with Gasteiger partial charge in [0.05, 0.1) is 6.10 Å². The van der Waals surface area contributed by atoms with Gasteiger partial charge in [-0.15, -0.1) is 0 Å². The summed E-state index contributed by atoms with van der Waals surface area (Å²) in [6.07, 6.45) is 3.17. The molecule has 0 aliphatic carbocycles. The molecule has 0 unspecified atom stereocenters. The van der Waals surface area contributed by atoms with Crippen LogP contribution in [-0.4, -0.2) is 20.7 Å². The Morgan fingerprint density at radius 1 is 1.31 bits per heavy atom. The number of rotatable bonds is 6. The molecule has 0 fully saturated rings. The Labute approximate surface area is 102 Å².